The minimum absolute atomic E-state index is 0.217. The van der Waals surface area contributed by atoms with E-state index in [1.165, 1.54) is 30.2 Å². The summed E-state index contributed by atoms with van der Waals surface area (Å²) in [7, 11) is -0.922. The Labute approximate surface area is 128 Å². The SMILES string of the molecule is CN(CCS(C)(=O)=O)Cc1ccc(CCNC2CC2)cc1. The summed E-state index contributed by atoms with van der Waals surface area (Å²) in [6, 6.07) is 9.41. The fraction of sp³-hybridized carbons (Fsp3) is 0.625. The maximum absolute atomic E-state index is 11.2. The predicted molar refractivity (Wildman–Crippen MR) is 87.2 cm³/mol. The van der Waals surface area contributed by atoms with Crippen molar-refractivity contribution in [2.75, 3.05) is 32.1 Å². The third-order valence-corrected chi connectivity index (χ3v) is 4.67. The molecule has 1 N–H and O–H groups in total. The van der Waals surface area contributed by atoms with Gasteiger partial charge in [0.05, 0.1) is 5.75 Å². The van der Waals surface area contributed by atoms with Gasteiger partial charge in [0, 0.05) is 25.4 Å². The molecular formula is C16H26N2O2S. The van der Waals surface area contributed by atoms with Crippen LogP contribution in [0.2, 0.25) is 0 Å². The fourth-order valence-electron chi connectivity index (χ4n) is 2.23. The van der Waals surface area contributed by atoms with Gasteiger partial charge in [-0.05, 0) is 44.0 Å². The van der Waals surface area contributed by atoms with Crippen molar-refractivity contribution in [1.29, 1.82) is 0 Å². The van der Waals surface area contributed by atoms with Gasteiger partial charge in [-0.3, -0.25) is 0 Å². The number of nitrogens with zero attached hydrogens (tertiary/aromatic N) is 1. The molecule has 1 aliphatic carbocycles. The summed E-state index contributed by atoms with van der Waals surface area (Å²) in [5, 5.41) is 3.52. The van der Waals surface area contributed by atoms with Crippen LogP contribution in [0.3, 0.4) is 0 Å². The second-order valence-corrected chi connectivity index (χ2v) is 8.42. The van der Waals surface area contributed by atoms with Gasteiger partial charge in [-0.15, -0.1) is 0 Å². The monoisotopic (exact) mass is 310 g/mol. The highest BCUT2D eigenvalue weighted by atomic mass is 32.2. The topological polar surface area (TPSA) is 49.4 Å². The molecular weight excluding hydrogens is 284 g/mol. The van der Waals surface area contributed by atoms with Crippen LogP contribution >= 0.6 is 0 Å². The minimum atomic E-state index is -2.88. The van der Waals surface area contributed by atoms with Gasteiger partial charge in [0.2, 0.25) is 0 Å². The van der Waals surface area contributed by atoms with Crippen LogP contribution in [0, 0.1) is 0 Å². The maximum Gasteiger partial charge on any atom is 0.148 e. The van der Waals surface area contributed by atoms with Crippen LogP contribution in [0.1, 0.15) is 24.0 Å². The molecule has 1 saturated carbocycles. The first-order valence-electron chi connectivity index (χ1n) is 7.60. The van der Waals surface area contributed by atoms with Crippen molar-refractivity contribution < 1.29 is 8.42 Å². The zero-order valence-electron chi connectivity index (χ0n) is 13.0. The summed E-state index contributed by atoms with van der Waals surface area (Å²) < 4.78 is 22.3. The van der Waals surface area contributed by atoms with Crippen LogP contribution in [0.15, 0.2) is 24.3 Å². The number of rotatable bonds is 9. The lowest BCUT2D eigenvalue weighted by atomic mass is 10.1. The molecule has 0 aromatic heterocycles. The van der Waals surface area contributed by atoms with Crippen molar-refractivity contribution >= 4 is 9.84 Å². The molecule has 118 valence electrons. The number of sulfone groups is 1. The van der Waals surface area contributed by atoms with Crippen LogP contribution in [0.5, 0.6) is 0 Å². The average molecular weight is 310 g/mol. The number of hydrogen-bond acceptors (Lipinski definition) is 4. The maximum atomic E-state index is 11.2. The Balaban J connectivity index is 1.72. The van der Waals surface area contributed by atoms with Crippen LogP contribution in [-0.2, 0) is 22.8 Å². The van der Waals surface area contributed by atoms with Crippen molar-refractivity contribution in [3.8, 4) is 0 Å². The molecule has 0 heterocycles. The van der Waals surface area contributed by atoms with E-state index in [2.05, 4.69) is 29.6 Å². The van der Waals surface area contributed by atoms with Gasteiger partial charge in [0.1, 0.15) is 9.84 Å². The first kappa shape index (κ1) is 16.5. The lowest BCUT2D eigenvalue weighted by molar-refractivity contribution is 0.346. The highest BCUT2D eigenvalue weighted by Gasteiger charge is 2.19. The van der Waals surface area contributed by atoms with E-state index in [1.54, 1.807) is 0 Å². The third-order valence-electron chi connectivity index (χ3n) is 3.74. The van der Waals surface area contributed by atoms with Crippen LogP contribution in [0.25, 0.3) is 0 Å². The number of nitrogens with one attached hydrogen (secondary N) is 1. The lowest BCUT2D eigenvalue weighted by Gasteiger charge is -2.16. The van der Waals surface area contributed by atoms with Crippen molar-refractivity contribution in [1.82, 2.24) is 10.2 Å². The molecule has 1 fully saturated rings. The number of hydrogen-bond donors (Lipinski definition) is 1. The average Bonchev–Trinajstić information content (AvgIpc) is 3.22. The predicted octanol–water partition coefficient (Wildman–Crippen LogP) is 1.46. The highest BCUT2D eigenvalue weighted by Crippen LogP contribution is 2.18. The minimum Gasteiger partial charge on any atom is -0.314 e. The first-order valence-corrected chi connectivity index (χ1v) is 9.66. The summed E-state index contributed by atoms with van der Waals surface area (Å²) >= 11 is 0. The molecule has 0 amide bonds. The number of benzene rings is 1. The van der Waals surface area contributed by atoms with Crippen LogP contribution in [0.4, 0.5) is 0 Å². The van der Waals surface area contributed by atoms with E-state index in [0.29, 0.717) is 6.54 Å². The van der Waals surface area contributed by atoms with Gasteiger partial charge in [0.15, 0.2) is 0 Å². The molecule has 0 spiro atoms. The van der Waals surface area contributed by atoms with Crippen LogP contribution < -0.4 is 5.32 Å². The quantitative estimate of drug-likeness (QED) is 0.750. The summed E-state index contributed by atoms with van der Waals surface area (Å²) in [5.41, 5.74) is 2.58. The van der Waals surface area contributed by atoms with E-state index >= 15 is 0 Å². The van der Waals surface area contributed by atoms with E-state index in [-0.39, 0.29) is 5.75 Å². The molecule has 0 bridgehead atoms. The van der Waals surface area contributed by atoms with E-state index in [9.17, 15) is 8.42 Å². The summed E-state index contributed by atoms with van der Waals surface area (Å²) in [5.74, 6) is 0.217. The molecule has 0 saturated heterocycles. The second-order valence-electron chi connectivity index (χ2n) is 6.16. The Bertz CT molecular complexity index is 536. The zero-order valence-corrected chi connectivity index (χ0v) is 13.8. The van der Waals surface area contributed by atoms with Gasteiger partial charge in [-0.2, -0.15) is 0 Å². The molecule has 1 aromatic rings. The van der Waals surface area contributed by atoms with Crippen molar-refractivity contribution in [2.45, 2.75) is 31.8 Å². The highest BCUT2D eigenvalue weighted by molar-refractivity contribution is 7.90. The smallest absolute Gasteiger partial charge is 0.148 e. The van der Waals surface area contributed by atoms with Gasteiger partial charge in [0.25, 0.3) is 0 Å². The van der Waals surface area contributed by atoms with E-state index in [0.717, 1.165) is 25.6 Å². The summed E-state index contributed by atoms with van der Waals surface area (Å²) in [6.45, 7) is 2.42. The van der Waals surface area contributed by atoms with E-state index in [4.69, 9.17) is 0 Å². The molecule has 21 heavy (non-hydrogen) atoms. The summed E-state index contributed by atoms with van der Waals surface area (Å²) in [6.07, 6.45) is 5.02. The molecule has 4 nitrogen and oxygen atoms in total. The third kappa shape index (κ3) is 7.07. The molecule has 1 aromatic carbocycles. The lowest BCUT2D eigenvalue weighted by Crippen LogP contribution is -2.24. The Morgan fingerprint density at radius 3 is 2.38 bits per heavy atom. The Morgan fingerprint density at radius 2 is 1.81 bits per heavy atom. The van der Waals surface area contributed by atoms with Gasteiger partial charge >= 0.3 is 0 Å². The van der Waals surface area contributed by atoms with Gasteiger partial charge in [-0.1, -0.05) is 24.3 Å². The largest absolute Gasteiger partial charge is 0.314 e. The van der Waals surface area contributed by atoms with E-state index < -0.39 is 9.84 Å². The molecule has 0 unspecified atom stereocenters. The normalized spacial score (nSPS) is 15.6. The fourth-order valence-corrected chi connectivity index (χ4v) is 2.88. The van der Waals surface area contributed by atoms with Crippen molar-refractivity contribution in [3.05, 3.63) is 35.4 Å². The van der Waals surface area contributed by atoms with Crippen LogP contribution in [-0.4, -0.2) is 51.5 Å². The second kappa shape index (κ2) is 7.38. The Kier molecular flexibility index (Phi) is 5.79. The molecule has 0 aliphatic heterocycles. The molecule has 0 atom stereocenters. The van der Waals surface area contributed by atoms with Crippen molar-refractivity contribution in [3.63, 3.8) is 0 Å². The Morgan fingerprint density at radius 1 is 1.19 bits per heavy atom. The summed E-state index contributed by atoms with van der Waals surface area (Å²) in [4.78, 5) is 2.05. The molecule has 0 radical (unpaired) electrons. The van der Waals surface area contributed by atoms with Gasteiger partial charge < -0.3 is 10.2 Å². The molecule has 2 rings (SSSR count). The van der Waals surface area contributed by atoms with Gasteiger partial charge in [-0.25, -0.2) is 8.42 Å². The Hall–Kier alpha value is -0.910. The standard InChI is InChI=1S/C16H26N2O2S/c1-18(11-12-21(2,19)20)13-15-5-3-14(4-6-15)9-10-17-16-7-8-16/h3-6,16-17H,7-13H2,1-2H3. The molecule has 1 aliphatic rings. The molecule has 5 heteroatoms. The van der Waals surface area contributed by atoms with Crippen molar-refractivity contribution in [2.24, 2.45) is 0 Å². The first-order chi connectivity index (χ1) is 9.92. The van der Waals surface area contributed by atoms with E-state index in [1.807, 2.05) is 11.9 Å². The zero-order chi connectivity index (χ0) is 15.3.